The van der Waals surface area contributed by atoms with Crippen molar-refractivity contribution in [2.45, 2.75) is 31.2 Å². The predicted molar refractivity (Wildman–Crippen MR) is 95.5 cm³/mol. The molecular weight excluding hydrogens is 340 g/mol. The zero-order valence-corrected chi connectivity index (χ0v) is 15.0. The maximum Gasteiger partial charge on any atom is 0.419 e. The highest BCUT2D eigenvalue weighted by Crippen LogP contribution is 2.37. The molecule has 0 radical (unpaired) electrons. The maximum atomic E-state index is 13.4. The van der Waals surface area contributed by atoms with Gasteiger partial charge < -0.3 is 4.42 Å². The lowest BCUT2D eigenvalue weighted by Crippen LogP contribution is -2.36. The molecule has 4 rings (SSSR count). The smallest absolute Gasteiger partial charge is 0.408 e. The van der Waals surface area contributed by atoms with Crippen LogP contribution in [0.15, 0.2) is 50.5 Å². The fraction of sp³-hybridized carbons (Fsp3) is 0.278. The quantitative estimate of drug-likeness (QED) is 0.706. The highest BCUT2D eigenvalue weighted by Gasteiger charge is 2.37. The molecule has 0 fully saturated rings. The second-order valence-electron chi connectivity index (χ2n) is 6.50. The molecule has 1 aliphatic heterocycles. The van der Waals surface area contributed by atoms with Gasteiger partial charge in [0.1, 0.15) is 0 Å². The van der Waals surface area contributed by atoms with Crippen molar-refractivity contribution in [3.63, 3.8) is 0 Å². The van der Waals surface area contributed by atoms with Crippen molar-refractivity contribution in [2.24, 2.45) is 7.05 Å². The minimum atomic E-state index is -3.76. The summed E-state index contributed by atoms with van der Waals surface area (Å²) in [6, 6.07) is 10.5. The molecule has 0 saturated carbocycles. The summed E-state index contributed by atoms with van der Waals surface area (Å²) in [5.74, 6) is -0.510. The Morgan fingerprint density at radius 1 is 1.20 bits per heavy atom. The van der Waals surface area contributed by atoms with E-state index in [4.69, 9.17) is 4.42 Å². The number of hydrogen-bond acceptors (Lipinski definition) is 4. The van der Waals surface area contributed by atoms with Crippen LogP contribution in [0.4, 0.5) is 5.69 Å². The number of rotatable bonds is 2. The van der Waals surface area contributed by atoms with E-state index in [0.717, 1.165) is 5.56 Å². The van der Waals surface area contributed by atoms with E-state index in [9.17, 15) is 13.2 Å². The molecule has 6 nitrogen and oxygen atoms in total. The van der Waals surface area contributed by atoms with Crippen LogP contribution in [-0.4, -0.2) is 19.0 Å². The lowest BCUT2D eigenvalue weighted by atomic mass is 10.1. The molecule has 0 bridgehead atoms. The van der Waals surface area contributed by atoms with E-state index >= 15 is 0 Å². The zero-order chi connectivity index (χ0) is 17.9. The molecule has 0 saturated heterocycles. The van der Waals surface area contributed by atoms with Crippen molar-refractivity contribution >= 4 is 26.8 Å². The van der Waals surface area contributed by atoms with Gasteiger partial charge in [-0.3, -0.25) is 8.87 Å². The molecule has 1 aromatic heterocycles. The van der Waals surface area contributed by atoms with Gasteiger partial charge in [-0.2, -0.15) is 0 Å². The highest BCUT2D eigenvalue weighted by molar-refractivity contribution is 7.93. The average Bonchev–Trinajstić information content (AvgIpc) is 3.04. The topological polar surface area (TPSA) is 72.5 Å². The largest absolute Gasteiger partial charge is 0.419 e. The Morgan fingerprint density at radius 3 is 2.68 bits per heavy atom. The predicted octanol–water partition coefficient (Wildman–Crippen LogP) is 2.58. The Morgan fingerprint density at radius 2 is 1.92 bits per heavy atom. The minimum absolute atomic E-state index is 0.165. The Labute approximate surface area is 145 Å². The number of aryl methyl sites for hydroxylation is 2. The van der Waals surface area contributed by atoms with Gasteiger partial charge in [-0.25, -0.2) is 13.2 Å². The van der Waals surface area contributed by atoms with Crippen LogP contribution in [0.1, 0.15) is 18.1 Å². The Balaban J connectivity index is 1.93. The first-order chi connectivity index (χ1) is 11.8. The first-order valence-corrected chi connectivity index (χ1v) is 9.47. The van der Waals surface area contributed by atoms with Crippen LogP contribution in [0.5, 0.6) is 0 Å². The molecule has 1 atom stereocenters. The van der Waals surface area contributed by atoms with Gasteiger partial charge in [0, 0.05) is 19.2 Å². The number of para-hydroxylation sites is 1. The van der Waals surface area contributed by atoms with Gasteiger partial charge in [-0.1, -0.05) is 18.2 Å². The second-order valence-corrected chi connectivity index (χ2v) is 8.28. The van der Waals surface area contributed by atoms with Crippen molar-refractivity contribution in [2.75, 3.05) is 4.31 Å². The fourth-order valence-electron chi connectivity index (χ4n) is 3.55. The number of anilines is 1. The molecule has 130 valence electrons. The SMILES string of the molecule is Cc1cc2c(cc1S(=O)(=O)N1c3ccccc3C[C@@H]1C)oc(=O)n2C. The van der Waals surface area contributed by atoms with Crippen LogP contribution >= 0.6 is 0 Å². The first-order valence-electron chi connectivity index (χ1n) is 8.03. The molecule has 0 aliphatic carbocycles. The van der Waals surface area contributed by atoms with E-state index in [1.165, 1.54) is 14.9 Å². The summed E-state index contributed by atoms with van der Waals surface area (Å²) in [7, 11) is -2.17. The fourth-order valence-corrected chi connectivity index (χ4v) is 5.47. The van der Waals surface area contributed by atoms with Crippen LogP contribution in [0.25, 0.3) is 11.1 Å². The van der Waals surface area contributed by atoms with Crippen molar-refractivity contribution < 1.29 is 12.8 Å². The summed E-state index contributed by atoms with van der Waals surface area (Å²) in [6.45, 7) is 3.63. The summed E-state index contributed by atoms with van der Waals surface area (Å²) in [4.78, 5) is 11.9. The van der Waals surface area contributed by atoms with Gasteiger partial charge in [-0.15, -0.1) is 0 Å². The summed E-state index contributed by atoms with van der Waals surface area (Å²) in [6.07, 6.45) is 0.678. The van der Waals surface area contributed by atoms with Crippen molar-refractivity contribution in [1.82, 2.24) is 4.57 Å². The minimum Gasteiger partial charge on any atom is -0.408 e. The summed E-state index contributed by atoms with van der Waals surface area (Å²) < 4.78 is 34.7. The molecule has 0 amide bonds. The Hall–Kier alpha value is -2.54. The molecule has 1 aliphatic rings. The molecule has 2 heterocycles. The van der Waals surface area contributed by atoms with Gasteiger partial charge >= 0.3 is 5.76 Å². The molecule has 2 aromatic carbocycles. The van der Waals surface area contributed by atoms with Gasteiger partial charge in [0.2, 0.25) is 0 Å². The van der Waals surface area contributed by atoms with Gasteiger partial charge in [0.05, 0.1) is 16.1 Å². The normalized spacial score (nSPS) is 17.2. The van der Waals surface area contributed by atoms with Crippen LogP contribution in [0, 0.1) is 6.92 Å². The molecule has 0 N–H and O–H groups in total. The Bertz CT molecular complexity index is 1160. The molecule has 3 aromatic rings. The second kappa shape index (κ2) is 5.23. The van der Waals surface area contributed by atoms with Crippen molar-refractivity contribution in [3.8, 4) is 0 Å². The summed E-state index contributed by atoms with van der Waals surface area (Å²) in [5.41, 5.74) is 3.17. The number of fused-ring (bicyclic) bond motifs is 2. The van der Waals surface area contributed by atoms with Crippen LogP contribution in [-0.2, 0) is 23.5 Å². The number of sulfonamides is 1. The third kappa shape index (κ3) is 2.22. The van der Waals surface area contributed by atoms with Crippen LogP contribution < -0.4 is 10.1 Å². The highest BCUT2D eigenvalue weighted by atomic mass is 32.2. The zero-order valence-electron chi connectivity index (χ0n) is 14.2. The van der Waals surface area contributed by atoms with Gasteiger partial charge in [-0.05, 0) is 43.5 Å². The molecule has 0 unspecified atom stereocenters. The molecular formula is C18H18N2O4S. The Kier molecular flexibility index (Phi) is 3.34. The van der Waals surface area contributed by atoms with Crippen LogP contribution in [0.2, 0.25) is 0 Å². The number of oxazole rings is 1. The van der Waals surface area contributed by atoms with E-state index < -0.39 is 15.8 Å². The summed E-state index contributed by atoms with van der Waals surface area (Å²) in [5, 5.41) is 0. The van der Waals surface area contributed by atoms with E-state index in [1.54, 1.807) is 20.0 Å². The lowest BCUT2D eigenvalue weighted by molar-refractivity contribution is 0.527. The monoisotopic (exact) mass is 358 g/mol. The van der Waals surface area contributed by atoms with E-state index in [1.807, 2.05) is 31.2 Å². The number of aromatic nitrogens is 1. The van der Waals surface area contributed by atoms with E-state index in [0.29, 0.717) is 23.2 Å². The van der Waals surface area contributed by atoms with E-state index in [2.05, 4.69) is 0 Å². The van der Waals surface area contributed by atoms with Gasteiger partial charge in [0.25, 0.3) is 10.0 Å². The van der Waals surface area contributed by atoms with Crippen LogP contribution in [0.3, 0.4) is 0 Å². The number of benzene rings is 2. The summed E-state index contributed by atoms with van der Waals surface area (Å²) >= 11 is 0. The third-order valence-corrected chi connectivity index (χ3v) is 6.84. The first kappa shape index (κ1) is 16.0. The van der Waals surface area contributed by atoms with Crippen molar-refractivity contribution in [1.29, 1.82) is 0 Å². The average molecular weight is 358 g/mol. The van der Waals surface area contributed by atoms with Crippen molar-refractivity contribution in [3.05, 3.63) is 58.1 Å². The third-order valence-electron chi connectivity index (χ3n) is 4.77. The molecule has 25 heavy (non-hydrogen) atoms. The standard InChI is InChI=1S/C18H18N2O4S/c1-11-8-15-16(24-18(21)19(15)3)10-17(11)25(22,23)20-12(2)9-13-6-4-5-7-14(13)20/h4-8,10,12H,9H2,1-3H3/t12-/m0/s1. The molecule has 7 heteroatoms. The number of nitrogens with zero attached hydrogens (tertiary/aromatic N) is 2. The maximum absolute atomic E-state index is 13.4. The van der Waals surface area contributed by atoms with Gasteiger partial charge in [0.15, 0.2) is 5.58 Å². The lowest BCUT2D eigenvalue weighted by Gasteiger charge is -2.25. The van der Waals surface area contributed by atoms with E-state index in [-0.39, 0.29) is 16.5 Å². The molecule has 0 spiro atoms. The number of hydrogen-bond donors (Lipinski definition) is 0.